The van der Waals surface area contributed by atoms with Crippen LogP contribution < -0.4 is 9.80 Å². The molecule has 3 aliphatic rings. The molecule has 5 nitrogen and oxygen atoms in total. The van der Waals surface area contributed by atoms with Crippen LogP contribution in [0, 0.1) is 5.82 Å². The SMILES string of the molecule is O=C1c2cccc3c2N(CC3)CCN1CCN1CCN(c2ccc(F)cc2)CC1. The molecule has 5 rings (SSSR count). The lowest BCUT2D eigenvalue weighted by Gasteiger charge is -2.37. The van der Waals surface area contributed by atoms with Gasteiger partial charge in [-0.3, -0.25) is 9.69 Å². The number of benzene rings is 2. The minimum atomic E-state index is -0.193. The molecule has 0 N–H and O–H groups in total. The summed E-state index contributed by atoms with van der Waals surface area (Å²) >= 11 is 0. The zero-order valence-corrected chi connectivity index (χ0v) is 16.7. The lowest BCUT2D eigenvalue weighted by molar-refractivity contribution is 0.0744. The Labute approximate surface area is 171 Å². The summed E-state index contributed by atoms with van der Waals surface area (Å²) in [6, 6.07) is 12.9. The molecule has 0 aromatic heterocycles. The highest BCUT2D eigenvalue weighted by atomic mass is 19.1. The third-order valence-corrected chi connectivity index (χ3v) is 6.49. The van der Waals surface area contributed by atoms with Gasteiger partial charge < -0.3 is 14.7 Å². The summed E-state index contributed by atoms with van der Waals surface area (Å²) in [7, 11) is 0. The number of para-hydroxylation sites is 1. The number of carbonyl (C=O) groups excluding carboxylic acids is 1. The first-order valence-corrected chi connectivity index (χ1v) is 10.6. The van der Waals surface area contributed by atoms with E-state index in [0.29, 0.717) is 0 Å². The first kappa shape index (κ1) is 18.4. The summed E-state index contributed by atoms with van der Waals surface area (Å²) < 4.78 is 13.1. The summed E-state index contributed by atoms with van der Waals surface area (Å²) in [5.74, 6) is -0.0161. The molecule has 6 heteroatoms. The van der Waals surface area contributed by atoms with Crippen molar-refractivity contribution in [3.05, 3.63) is 59.4 Å². The Morgan fingerprint density at radius 2 is 1.55 bits per heavy atom. The van der Waals surface area contributed by atoms with E-state index in [9.17, 15) is 9.18 Å². The van der Waals surface area contributed by atoms with Gasteiger partial charge in [0.1, 0.15) is 5.82 Å². The van der Waals surface area contributed by atoms with E-state index in [2.05, 4.69) is 20.8 Å². The third-order valence-electron chi connectivity index (χ3n) is 6.49. The normalized spacial score (nSPS) is 19.5. The van der Waals surface area contributed by atoms with Crippen LogP contribution in [0.25, 0.3) is 0 Å². The monoisotopic (exact) mass is 394 g/mol. The third kappa shape index (κ3) is 3.57. The van der Waals surface area contributed by atoms with Gasteiger partial charge in [0, 0.05) is 64.6 Å². The molecule has 3 heterocycles. The first-order valence-electron chi connectivity index (χ1n) is 10.6. The van der Waals surface area contributed by atoms with Crippen molar-refractivity contribution in [2.45, 2.75) is 6.42 Å². The van der Waals surface area contributed by atoms with Gasteiger partial charge in [0.05, 0.1) is 11.3 Å². The minimum Gasteiger partial charge on any atom is -0.369 e. The molecule has 1 fully saturated rings. The quantitative estimate of drug-likeness (QED) is 0.797. The zero-order chi connectivity index (χ0) is 19.8. The van der Waals surface area contributed by atoms with Gasteiger partial charge >= 0.3 is 0 Å². The standard InChI is InChI=1S/C23H27FN4O/c24-19-4-6-20(7-5-19)26-13-10-25(11-14-26)12-15-28-17-16-27-9-8-18-2-1-3-21(22(18)27)23(28)29/h1-7H,8-17H2. The first-order chi connectivity index (χ1) is 14.2. The van der Waals surface area contributed by atoms with Crippen molar-refractivity contribution < 1.29 is 9.18 Å². The van der Waals surface area contributed by atoms with Gasteiger partial charge in [0.25, 0.3) is 5.91 Å². The van der Waals surface area contributed by atoms with E-state index in [1.807, 2.05) is 29.2 Å². The van der Waals surface area contributed by atoms with Crippen molar-refractivity contribution >= 4 is 17.3 Å². The average Bonchev–Trinajstić information content (AvgIpc) is 3.11. The number of piperazine rings is 1. The molecule has 3 aliphatic heterocycles. The Kier molecular flexibility index (Phi) is 4.87. The molecule has 2 aromatic rings. The molecular formula is C23H27FN4O. The zero-order valence-electron chi connectivity index (χ0n) is 16.7. The van der Waals surface area contributed by atoms with Crippen molar-refractivity contribution in [3.8, 4) is 0 Å². The number of nitrogens with zero attached hydrogens (tertiary/aromatic N) is 4. The maximum atomic E-state index is 13.1. The highest BCUT2D eigenvalue weighted by Crippen LogP contribution is 2.34. The summed E-state index contributed by atoms with van der Waals surface area (Å²) in [6.07, 6.45) is 1.05. The second-order valence-corrected chi connectivity index (χ2v) is 8.15. The fourth-order valence-corrected chi connectivity index (χ4v) is 4.80. The maximum Gasteiger partial charge on any atom is 0.256 e. The van der Waals surface area contributed by atoms with Crippen LogP contribution in [0.1, 0.15) is 15.9 Å². The highest BCUT2D eigenvalue weighted by molar-refractivity contribution is 6.01. The molecule has 0 unspecified atom stereocenters. The molecule has 1 amide bonds. The van der Waals surface area contributed by atoms with Crippen LogP contribution >= 0.6 is 0 Å². The molecule has 0 aliphatic carbocycles. The van der Waals surface area contributed by atoms with Crippen molar-refractivity contribution in [2.24, 2.45) is 0 Å². The Bertz CT molecular complexity index is 892. The van der Waals surface area contributed by atoms with E-state index < -0.39 is 0 Å². The van der Waals surface area contributed by atoms with Gasteiger partial charge in [-0.25, -0.2) is 4.39 Å². The molecule has 0 radical (unpaired) electrons. The highest BCUT2D eigenvalue weighted by Gasteiger charge is 2.31. The number of anilines is 2. The number of hydrogen-bond donors (Lipinski definition) is 0. The Morgan fingerprint density at radius 3 is 2.34 bits per heavy atom. The molecule has 0 spiro atoms. The topological polar surface area (TPSA) is 30.0 Å². The van der Waals surface area contributed by atoms with Gasteiger partial charge in [0.15, 0.2) is 0 Å². The van der Waals surface area contributed by atoms with Crippen molar-refractivity contribution in [1.29, 1.82) is 0 Å². The van der Waals surface area contributed by atoms with Crippen LogP contribution in [0.5, 0.6) is 0 Å². The van der Waals surface area contributed by atoms with Gasteiger partial charge in [0.2, 0.25) is 0 Å². The molecule has 0 saturated carbocycles. The Hall–Kier alpha value is -2.60. The van der Waals surface area contributed by atoms with E-state index in [4.69, 9.17) is 0 Å². The predicted molar refractivity (Wildman–Crippen MR) is 113 cm³/mol. The van der Waals surface area contributed by atoms with E-state index >= 15 is 0 Å². The van der Waals surface area contributed by atoms with Crippen molar-refractivity contribution in [2.75, 3.05) is 68.7 Å². The number of rotatable bonds is 4. The van der Waals surface area contributed by atoms with Crippen LogP contribution in [0.4, 0.5) is 15.8 Å². The van der Waals surface area contributed by atoms with Gasteiger partial charge in [-0.15, -0.1) is 0 Å². The predicted octanol–water partition coefficient (Wildman–Crippen LogP) is 2.47. The van der Waals surface area contributed by atoms with Crippen LogP contribution in [0.15, 0.2) is 42.5 Å². The maximum absolute atomic E-state index is 13.1. The lowest BCUT2D eigenvalue weighted by atomic mass is 10.1. The molecule has 1 saturated heterocycles. The van der Waals surface area contributed by atoms with Crippen molar-refractivity contribution in [3.63, 3.8) is 0 Å². The van der Waals surface area contributed by atoms with Gasteiger partial charge in [-0.2, -0.15) is 0 Å². The fraction of sp³-hybridized carbons (Fsp3) is 0.435. The van der Waals surface area contributed by atoms with E-state index in [1.165, 1.54) is 23.4 Å². The molecule has 0 bridgehead atoms. The number of carbonyl (C=O) groups is 1. The summed E-state index contributed by atoms with van der Waals surface area (Å²) in [6.45, 7) is 8.21. The van der Waals surface area contributed by atoms with E-state index in [1.54, 1.807) is 0 Å². The van der Waals surface area contributed by atoms with Crippen LogP contribution in [-0.4, -0.2) is 74.6 Å². The summed E-state index contributed by atoms with van der Waals surface area (Å²) in [5, 5.41) is 0. The molecule has 29 heavy (non-hydrogen) atoms. The van der Waals surface area contributed by atoms with Crippen molar-refractivity contribution in [1.82, 2.24) is 9.80 Å². The van der Waals surface area contributed by atoms with Crippen LogP contribution in [0.2, 0.25) is 0 Å². The summed E-state index contributed by atoms with van der Waals surface area (Å²) in [4.78, 5) is 22.3. The van der Waals surface area contributed by atoms with Crippen LogP contribution in [0.3, 0.4) is 0 Å². The largest absolute Gasteiger partial charge is 0.369 e. The molecule has 152 valence electrons. The average molecular weight is 394 g/mol. The van der Waals surface area contributed by atoms with Gasteiger partial charge in [-0.1, -0.05) is 12.1 Å². The van der Waals surface area contributed by atoms with Gasteiger partial charge in [-0.05, 0) is 42.3 Å². The second kappa shape index (κ2) is 7.67. The second-order valence-electron chi connectivity index (χ2n) is 8.15. The number of amides is 1. The molecule has 2 aromatic carbocycles. The lowest BCUT2D eigenvalue weighted by Crippen LogP contribution is -2.49. The van der Waals surface area contributed by atoms with E-state index in [-0.39, 0.29) is 11.7 Å². The Balaban J connectivity index is 1.18. The molecular weight excluding hydrogens is 367 g/mol. The number of hydrogen-bond acceptors (Lipinski definition) is 4. The number of halogens is 1. The fourth-order valence-electron chi connectivity index (χ4n) is 4.80. The Morgan fingerprint density at radius 1 is 0.793 bits per heavy atom. The molecule has 0 atom stereocenters. The summed E-state index contributed by atoms with van der Waals surface area (Å²) in [5.41, 5.74) is 4.44. The smallest absolute Gasteiger partial charge is 0.256 e. The van der Waals surface area contributed by atoms with E-state index in [0.717, 1.165) is 76.6 Å². The minimum absolute atomic E-state index is 0.177. The van der Waals surface area contributed by atoms with Crippen LogP contribution in [-0.2, 0) is 6.42 Å².